The van der Waals surface area contributed by atoms with Gasteiger partial charge in [-0.3, -0.25) is 0 Å². The van der Waals surface area contributed by atoms with E-state index in [-0.39, 0.29) is 0 Å². The van der Waals surface area contributed by atoms with E-state index in [0.717, 1.165) is 31.1 Å². The van der Waals surface area contributed by atoms with Crippen molar-refractivity contribution in [1.82, 2.24) is 14.7 Å². The zero-order valence-corrected chi connectivity index (χ0v) is 16.4. The van der Waals surface area contributed by atoms with Crippen molar-refractivity contribution in [2.24, 2.45) is 5.92 Å². The lowest BCUT2D eigenvalue weighted by Crippen LogP contribution is -2.42. The van der Waals surface area contributed by atoms with Gasteiger partial charge in [-0.2, -0.15) is 0 Å². The van der Waals surface area contributed by atoms with Gasteiger partial charge in [-0.25, -0.2) is 0 Å². The highest BCUT2D eigenvalue weighted by Gasteiger charge is 2.47. The summed E-state index contributed by atoms with van der Waals surface area (Å²) in [6.45, 7) is 3.33. The summed E-state index contributed by atoms with van der Waals surface area (Å²) >= 11 is 6.43. The van der Waals surface area contributed by atoms with Crippen molar-refractivity contribution in [3.63, 3.8) is 0 Å². The van der Waals surface area contributed by atoms with E-state index in [1.54, 1.807) is 0 Å². The van der Waals surface area contributed by atoms with Crippen molar-refractivity contribution in [3.8, 4) is 0 Å². The molecule has 1 fully saturated rings. The van der Waals surface area contributed by atoms with Gasteiger partial charge in [0.15, 0.2) is 0 Å². The Morgan fingerprint density at radius 2 is 1.92 bits per heavy atom. The van der Waals surface area contributed by atoms with Crippen LogP contribution in [0.25, 0.3) is 0 Å². The molecule has 2 aliphatic heterocycles. The molecule has 138 valence electrons. The Bertz CT molecular complexity index is 722. The first-order chi connectivity index (χ1) is 12.6. The second-order valence-corrected chi connectivity index (χ2v) is 8.36. The molecule has 3 atom stereocenters. The molecule has 0 radical (unpaired) electrons. The maximum atomic E-state index is 6.43. The van der Waals surface area contributed by atoms with Crippen LogP contribution in [0.15, 0.2) is 65.6 Å². The predicted octanol–water partition coefficient (Wildman–Crippen LogP) is 4.22. The van der Waals surface area contributed by atoms with Crippen LogP contribution >= 0.6 is 11.6 Å². The maximum Gasteiger partial charge on any atom is 0.0584 e. The molecule has 1 aromatic rings. The molecule has 1 saturated heterocycles. The van der Waals surface area contributed by atoms with Crippen LogP contribution < -0.4 is 0 Å². The third kappa shape index (κ3) is 3.43. The zero-order valence-electron chi connectivity index (χ0n) is 15.7. The van der Waals surface area contributed by atoms with Crippen LogP contribution in [-0.2, 0) is 0 Å². The normalized spacial score (nSPS) is 27.3. The van der Waals surface area contributed by atoms with Gasteiger partial charge in [0.1, 0.15) is 0 Å². The molecule has 0 bridgehead atoms. The van der Waals surface area contributed by atoms with Crippen LogP contribution in [0.1, 0.15) is 24.3 Å². The Kier molecular flexibility index (Phi) is 5.10. The van der Waals surface area contributed by atoms with Gasteiger partial charge in [-0.05, 0) is 51.2 Å². The zero-order chi connectivity index (χ0) is 18.1. The third-order valence-corrected chi connectivity index (χ3v) is 6.11. The molecule has 1 aliphatic carbocycles. The van der Waals surface area contributed by atoms with Crippen molar-refractivity contribution in [1.29, 1.82) is 0 Å². The van der Waals surface area contributed by atoms with Crippen LogP contribution in [0.5, 0.6) is 0 Å². The molecule has 3 aliphatic rings. The predicted molar refractivity (Wildman–Crippen MR) is 109 cm³/mol. The minimum Gasteiger partial charge on any atom is -0.374 e. The van der Waals surface area contributed by atoms with E-state index in [0.29, 0.717) is 17.9 Å². The van der Waals surface area contributed by atoms with Crippen molar-refractivity contribution in [2.45, 2.75) is 24.8 Å². The van der Waals surface area contributed by atoms with Gasteiger partial charge in [0, 0.05) is 48.1 Å². The fourth-order valence-electron chi connectivity index (χ4n) is 4.65. The first-order valence-corrected chi connectivity index (χ1v) is 9.98. The number of allylic oxidation sites excluding steroid dienone is 4. The van der Waals surface area contributed by atoms with Crippen LogP contribution in [0.2, 0.25) is 0 Å². The fraction of sp³-hybridized carbons (Fsp3) is 0.455. The Labute approximate surface area is 162 Å². The molecule has 3 unspecified atom stereocenters. The number of benzene rings is 1. The number of rotatable bonds is 5. The number of fused-ring (bicyclic) bond motifs is 3. The molecule has 1 aromatic carbocycles. The average molecular weight is 370 g/mol. The molecule has 0 amide bonds. The molecule has 0 saturated carbocycles. The van der Waals surface area contributed by atoms with Gasteiger partial charge in [0.2, 0.25) is 0 Å². The summed E-state index contributed by atoms with van der Waals surface area (Å²) in [6, 6.07) is 11.5. The quantitative estimate of drug-likeness (QED) is 0.769. The highest BCUT2D eigenvalue weighted by atomic mass is 35.5. The van der Waals surface area contributed by atoms with Gasteiger partial charge in [0.05, 0.1) is 6.04 Å². The van der Waals surface area contributed by atoms with Crippen LogP contribution in [0.3, 0.4) is 0 Å². The Morgan fingerprint density at radius 3 is 2.69 bits per heavy atom. The molecule has 3 nitrogen and oxygen atoms in total. The van der Waals surface area contributed by atoms with E-state index in [9.17, 15) is 0 Å². The van der Waals surface area contributed by atoms with Crippen molar-refractivity contribution in [3.05, 3.63) is 71.2 Å². The largest absolute Gasteiger partial charge is 0.374 e. The van der Waals surface area contributed by atoms with Crippen LogP contribution in [0.4, 0.5) is 0 Å². The maximum absolute atomic E-state index is 6.43. The second kappa shape index (κ2) is 7.50. The molecule has 2 heterocycles. The lowest BCUT2D eigenvalue weighted by Gasteiger charge is -2.37. The first-order valence-electron chi connectivity index (χ1n) is 9.60. The van der Waals surface area contributed by atoms with Gasteiger partial charge in [0.25, 0.3) is 0 Å². The van der Waals surface area contributed by atoms with E-state index < -0.39 is 0 Å². The van der Waals surface area contributed by atoms with E-state index in [2.05, 4.69) is 83.7 Å². The van der Waals surface area contributed by atoms with Gasteiger partial charge < -0.3 is 14.7 Å². The standard InChI is InChI=1S/C22H28ClN3/c1-24(2)11-6-12-25-13-14-26-20-10-9-18(23)15-19(20)22(21(26)16-25)17-7-4-3-5-8-17/h3-5,7-10,13-14,19,21-22H,6,11-12,15-16H2,1-2H3. The smallest absolute Gasteiger partial charge is 0.0584 e. The number of hydrogen-bond donors (Lipinski definition) is 0. The van der Waals surface area contributed by atoms with Gasteiger partial charge in [-0.1, -0.05) is 41.9 Å². The first kappa shape index (κ1) is 17.7. The average Bonchev–Trinajstić information content (AvgIpc) is 2.94. The Balaban J connectivity index is 1.59. The summed E-state index contributed by atoms with van der Waals surface area (Å²) < 4.78 is 0. The lowest BCUT2D eigenvalue weighted by molar-refractivity contribution is 0.219. The second-order valence-electron chi connectivity index (χ2n) is 7.88. The molecular formula is C22H28ClN3. The van der Waals surface area contributed by atoms with E-state index >= 15 is 0 Å². The van der Waals surface area contributed by atoms with Crippen LogP contribution in [0, 0.1) is 5.92 Å². The molecule has 4 heteroatoms. The highest BCUT2D eigenvalue weighted by Crippen LogP contribution is 2.50. The minimum absolute atomic E-state index is 0.478. The van der Waals surface area contributed by atoms with E-state index in [4.69, 9.17) is 11.6 Å². The summed E-state index contributed by atoms with van der Waals surface area (Å²) in [6.07, 6.45) is 11.0. The monoisotopic (exact) mass is 369 g/mol. The number of hydrogen-bond acceptors (Lipinski definition) is 3. The van der Waals surface area contributed by atoms with Crippen molar-refractivity contribution in [2.75, 3.05) is 33.7 Å². The molecule has 0 aromatic heterocycles. The van der Waals surface area contributed by atoms with Crippen LogP contribution in [-0.4, -0.2) is 54.5 Å². The Hall–Kier alpha value is -1.71. The SMILES string of the molecule is CN(C)CCCN1C=CN2C3=CC=C(Cl)CC3C(c3ccccc3)C2C1. The molecule has 0 spiro atoms. The van der Waals surface area contributed by atoms with E-state index in [1.807, 2.05) is 0 Å². The Morgan fingerprint density at radius 1 is 1.12 bits per heavy atom. The molecular weight excluding hydrogens is 342 g/mol. The third-order valence-electron chi connectivity index (χ3n) is 5.83. The van der Waals surface area contributed by atoms with Crippen molar-refractivity contribution < 1.29 is 0 Å². The topological polar surface area (TPSA) is 9.72 Å². The number of halogens is 1. The molecule has 26 heavy (non-hydrogen) atoms. The fourth-order valence-corrected chi connectivity index (χ4v) is 4.88. The lowest BCUT2D eigenvalue weighted by atomic mass is 9.80. The molecule has 4 rings (SSSR count). The summed E-state index contributed by atoms with van der Waals surface area (Å²) in [5.74, 6) is 0.970. The number of nitrogens with zero attached hydrogens (tertiary/aromatic N) is 3. The summed E-state index contributed by atoms with van der Waals surface area (Å²) in [5.41, 5.74) is 2.86. The summed E-state index contributed by atoms with van der Waals surface area (Å²) in [7, 11) is 4.29. The van der Waals surface area contributed by atoms with Crippen molar-refractivity contribution >= 4 is 11.6 Å². The summed E-state index contributed by atoms with van der Waals surface area (Å²) in [5, 5.41) is 0.978. The molecule has 0 N–H and O–H groups in total. The highest BCUT2D eigenvalue weighted by molar-refractivity contribution is 6.29. The van der Waals surface area contributed by atoms with Gasteiger partial charge in [-0.15, -0.1) is 0 Å². The summed E-state index contributed by atoms with van der Waals surface area (Å²) in [4.78, 5) is 7.26. The van der Waals surface area contributed by atoms with E-state index in [1.165, 1.54) is 17.7 Å². The van der Waals surface area contributed by atoms with Gasteiger partial charge >= 0.3 is 0 Å². The minimum atomic E-state index is 0.478.